The highest BCUT2D eigenvalue weighted by atomic mass is 79.9. The predicted octanol–water partition coefficient (Wildman–Crippen LogP) is 3.57. The molecule has 0 aliphatic heterocycles. The van der Waals surface area contributed by atoms with Crippen LogP contribution in [0.2, 0.25) is 0 Å². The number of nitrogens with one attached hydrogen (secondary N) is 2. The molecule has 1 aromatic carbocycles. The minimum Gasteiger partial charge on any atom is -0.491 e. The molecule has 1 aromatic heterocycles. The van der Waals surface area contributed by atoms with Crippen LogP contribution in [0.3, 0.4) is 0 Å². The number of carbonyl (C=O) groups is 1. The van der Waals surface area contributed by atoms with Gasteiger partial charge < -0.3 is 15.0 Å². The molecule has 1 heterocycles. The molecule has 0 radical (unpaired) electrons. The van der Waals surface area contributed by atoms with Crippen molar-refractivity contribution in [2.45, 2.75) is 6.92 Å². The molecule has 19 heavy (non-hydrogen) atoms. The molecule has 0 unspecified atom stereocenters. The minimum atomic E-state index is -0.507. The smallest absolute Gasteiger partial charge is 0.272 e. The molecule has 1 amide bonds. The second kappa shape index (κ2) is 5.88. The van der Waals surface area contributed by atoms with E-state index < -0.39 is 5.82 Å². The van der Waals surface area contributed by atoms with E-state index in [9.17, 15) is 9.18 Å². The number of halogens is 2. The van der Waals surface area contributed by atoms with E-state index in [1.165, 1.54) is 12.1 Å². The Morgan fingerprint density at radius 3 is 2.84 bits per heavy atom. The number of carbonyl (C=O) groups excluding carboxylic acids is 1. The number of rotatable bonds is 4. The summed E-state index contributed by atoms with van der Waals surface area (Å²) in [6.07, 6.45) is 1.65. The van der Waals surface area contributed by atoms with Crippen LogP contribution in [0.1, 0.15) is 17.4 Å². The van der Waals surface area contributed by atoms with Crippen molar-refractivity contribution in [3.05, 3.63) is 46.4 Å². The first-order chi connectivity index (χ1) is 9.10. The summed E-state index contributed by atoms with van der Waals surface area (Å²) >= 11 is 3.24. The predicted molar refractivity (Wildman–Crippen MR) is 74.0 cm³/mol. The number of aromatic nitrogens is 1. The van der Waals surface area contributed by atoms with Crippen LogP contribution in [0.25, 0.3) is 0 Å². The number of benzene rings is 1. The molecule has 2 N–H and O–H groups in total. The molecule has 6 heteroatoms. The Balaban J connectivity index is 2.11. The summed E-state index contributed by atoms with van der Waals surface area (Å²) in [5, 5.41) is 2.60. The van der Waals surface area contributed by atoms with Crippen LogP contribution < -0.4 is 10.1 Å². The molecular formula is C13H12BrFN2O2. The molecule has 0 fully saturated rings. The average molecular weight is 327 g/mol. The number of amides is 1. The summed E-state index contributed by atoms with van der Waals surface area (Å²) in [6, 6.07) is 5.93. The standard InChI is InChI=1S/C13H12BrFN2O2/c1-2-19-12-4-3-9(6-10(12)15)17-13(18)11-5-8(14)7-16-11/h3-7,16H,2H2,1H3,(H,17,18). The van der Waals surface area contributed by atoms with E-state index >= 15 is 0 Å². The molecule has 0 saturated heterocycles. The Bertz CT molecular complexity index is 598. The van der Waals surface area contributed by atoms with Crippen LogP contribution >= 0.6 is 15.9 Å². The third-order valence-corrected chi connectivity index (χ3v) is 2.84. The van der Waals surface area contributed by atoms with E-state index in [2.05, 4.69) is 26.2 Å². The van der Waals surface area contributed by atoms with Crippen molar-refractivity contribution in [2.24, 2.45) is 0 Å². The van der Waals surface area contributed by atoms with Crippen molar-refractivity contribution >= 4 is 27.5 Å². The quantitative estimate of drug-likeness (QED) is 0.902. The van der Waals surface area contributed by atoms with E-state index in [-0.39, 0.29) is 11.7 Å². The lowest BCUT2D eigenvalue weighted by Gasteiger charge is -2.07. The number of hydrogen-bond donors (Lipinski definition) is 2. The molecule has 0 aliphatic carbocycles. The first kappa shape index (κ1) is 13.6. The lowest BCUT2D eigenvalue weighted by molar-refractivity contribution is 0.102. The highest BCUT2D eigenvalue weighted by molar-refractivity contribution is 9.10. The van der Waals surface area contributed by atoms with Gasteiger partial charge in [0.1, 0.15) is 5.69 Å². The summed E-state index contributed by atoms with van der Waals surface area (Å²) in [6.45, 7) is 2.16. The molecule has 4 nitrogen and oxygen atoms in total. The van der Waals surface area contributed by atoms with Crippen LogP contribution in [0.15, 0.2) is 34.9 Å². The third-order valence-electron chi connectivity index (χ3n) is 2.38. The maximum Gasteiger partial charge on any atom is 0.272 e. The molecule has 2 rings (SSSR count). The van der Waals surface area contributed by atoms with Gasteiger partial charge >= 0.3 is 0 Å². The molecule has 0 atom stereocenters. The average Bonchev–Trinajstić information content (AvgIpc) is 2.80. The van der Waals surface area contributed by atoms with Crippen molar-refractivity contribution in [3.63, 3.8) is 0 Å². The lowest BCUT2D eigenvalue weighted by Crippen LogP contribution is -2.12. The molecule has 0 saturated carbocycles. The Hall–Kier alpha value is -1.82. The summed E-state index contributed by atoms with van der Waals surface area (Å²) in [7, 11) is 0. The maximum absolute atomic E-state index is 13.6. The van der Waals surface area contributed by atoms with Gasteiger partial charge in [0.2, 0.25) is 0 Å². The van der Waals surface area contributed by atoms with E-state index in [0.717, 1.165) is 4.47 Å². The number of hydrogen-bond acceptors (Lipinski definition) is 2. The van der Waals surface area contributed by atoms with E-state index in [0.29, 0.717) is 18.0 Å². The SMILES string of the molecule is CCOc1ccc(NC(=O)c2cc(Br)c[nH]2)cc1F. The first-order valence-corrected chi connectivity index (χ1v) is 6.47. The topological polar surface area (TPSA) is 54.1 Å². The van der Waals surface area contributed by atoms with Crippen LogP contribution in [-0.4, -0.2) is 17.5 Å². The molecule has 0 bridgehead atoms. The zero-order chi connectivity index (χ0) is 13.8. The minimum absolute atomic E-state index is 0.170. The Morgan fingerprint density at radius 2 is 2.26 bits per heavy atom. The van der Waals surface area contributed by atoms with Crippen LogP contribution in [0, 0.1) is 5.82 Å². The highest BCUT2D eigenvalue weighted by Gasteiger charge is 2.10. The molecule has 2 aromatic rings. The number of H-pyrrole nitrogens is 1. The Kier molecular flexibility index (Phi) is 4.21. The lowest BCUT2D eigenvalue weighted by atomic mass is 10.2. The van der Waals surface area contributed by atoms with Gasteiger partial charge in [0, 0.05) is 22.4 Å². The largest absolute Gasteiger partial charge is 0.491 e. The molecule has 0 spiro atoms. The zero-order valence-corrected chi connectivity index (χ0v) is 11.8. The highest BCUT2D eigenvalue weighted by Crippen LogP contribution is 2.21. The van der Waals surface area contributed by atoms with Crippen molar-refractivity contribution in [3.8, 4) is 5.75 Å². The zero-order valence-electron chi connectivity index (χ0n) is 10.2. The fourth-order valence-corrected chi connectivity index (χ4v) is 1.89. The van der Waals surface area contributed by atoms with Gasteiger partial charge in [-0.25, -0.2) is 4.39 Å². The van der Waals surface area contributed by atoms with Gasteiger partial charge in [-0.3, -0.25) is 4.79 Å². The Morgan fingerprint density at radius 1 is 1.47 bits per heavy atom. The molecule has 0 aliphatic rings. The normalized spacial score (nSPS) is 10.3. The summed E-state index contributed by atoms with van der Waals surface area (Å²) in [5.41, 5.74) is 0.762. The fraction of sp³-hybridized carbons (Fsp3) is 0.154. The van der Waals surface area contributed by atoms with Gasteiger partial charge in [-0.2, -0.15) is 0 Å². The van der Waals surface area contributed by atoms with Crippen LogP contribution in [-0.2, 0) is 0 Å². The molecule has 100 valence electrons. The van der Waals surface area contributed by atoms with Gasteiger partial charge in [0.15, 0.2) is 11.6 Å². The summed E-state index contributed by atoms with van der Waals surface area (Å²) < 4.78 is 19.5. The first-order valence-electron chi connectivity index (χ1n) is 5.67. The Labute approximate surface area is 118 Å². The molecular weight excluding hydrogens is 315 g/mol. The van der Waals surface area contributed by atoms with Gasteiger partial charge in [0.05, 0.1) is 6.61 Å². The van der Waals surface area contributed by atoms with Crippen LogP contribution in [0.4, 0.5) is 10.1 Å². The third kappa shape index (κ3) is 3.35. The van der Waals surface area contributed by atoms with Gasteiger partial charge in [-0.05, 0) is 41.1 Å². The summed E-state index contributed by atoms with van der Waals surface area (Å²) in [4.78, 5) is 14.6. The van der Waals surface area contributed by atoms with Gasteiger partial charge in [-0.15, -0.1) is 0 Å². The van der Waals surface area contributed by atoms with E-state index in [1.54, 1.807) is 25.3 Å². The van der Waals surface area contributed by atoms with Crippen molar-refractivity contribution in [1.29, 1.82) is 0 Å². The summed E-state index contributed by atoms with van der Waals surface area (Å²) in [5.74, 6) is -0.676. The van der Waals surface area contributed by atoms with E-state index in [4.69, 9.17) is 4.74 Å². The van der Waals surface area contributed by atoms with Crippen molar-refractivity contribution in [1.82, 2.24) is 4.98 Å². The fourth-order valence-electron chi connectivity index (χ4n) is 1.55. The van der Waals surface area contributed by atoms with Crippen molar-refractivity contribution < 1.29 is 13.9 Å². The maximum atomic E-state index is 13.6. The van der Waals surface area contributed by atoms with Crippen LogP contribution in [0.5, 0.6) is 5.75 Å². The van der Waals surface area contributed by atoms with Gasteiger partial charge in [-0.1, -0.05) is 0 Å². The van der Waals surface area contributed by atoms with Crippen molar-refractivity contribution in [2.75, 3.05) is 11.9 Å². The second-order valence-corrected chi connectivity index (χ2v) is 4.68. The monoisotopic (exact) mass is 326 g/mol. The number of aromatic amines is 1. The number of ether oxygens (including phenoxy) is 1. The second-order valence-electron chi connectivity index (χ2n) is 3.76. The van der Waals surface area contributed by atoms with E-state index in [1.807, 2.05) is 0 Å². The number of anilines is 1. The van der Waals surface area contributed by atoms with Gasteiger partial charge in [0.25, 0.3) is 5.91 Å².